The molecule has 0 atom stereocenters. The fraction of sp³-hybridized carbons (Fsp3) is 0.286. The lowest BCUT2D eigenvalue weighted by Crippen LogP contribution is -2.37. The van der Waals surface area contributed by atoms with Crippen molar-refractivity contribution in [3.63, 3.8) is 0 Å². The lowest BCUT2D eigenvalue weighted by Gasteiger charge is -2.18. The van der Waals surface area contributed by atoms with Gasteiger partial charge < -0.3 is 15.0 Å². The average Bonchev–Trinajstić information content (AvgIpc) is 2.64. The van der Waals surface area contributed by atoms with Gasteiger partial charge in [0.15, 0.2) is 6.61 Å². The van der Waals surface area contributed by atoms with Crippen molar-refractivity contribution in [2.24, 2.45) is 0 Å². The third-order valence-electron chi connectivity index (χ3n) is 4.17. The van der Waals surface area contributed by atoms with Gasteiger partial charge in [-0.3, -0.25) is 14.4 Å². The maximum Gasteiger partial charge on any atom is 0.310 e. The minimum Gasteiger partial charge on any atom is -0.455 e. The standard InChI is InChI=1S/C21H23FN2O4/c1-14-5-4-6-15(2)21(14)23-18(25)12-24(3)19(26)13-28-20(27)11-16-7-9-17(22)10-8-16/h4-10H,11-13H2,1-3H3,(H,23,25). The van der Waals surface area contributed by atoms with Crippen LogP contribution < -0.4 is 5.32 Å². The van der Waals surface area contributed by atoms with Crippen LogP contribution in [0, 0.1) is 19.7 Å². The number of likely N-dealkylation sites (N-methyl/N-ethyl adjacent to an activating group) is 1. The molecule has 0 spiro atoms. The van der Waals surface area contributed by atoms with Gasteiger partial charge in [0.25, 0.3) is 5.91 Å². The monoisotopic (exact) mass is 386 g/mol. The van der Waals surface area contributed by atoms with E-state index < -0.39 is 24.3 Å². The van der Waals surface area contributed by atoms with Gasteiger partial charge in [-0.25, -0.2) is 4.39 Å². The van der Waals surface area contributed by atoms with Crippen LogP contribution in [0.15, 0.2) is 42.5 Å². The first-order chi connectivity index (χ1) is 13.3. The summed E-state index contributed by atoms with van der Waals surface area (Å²) in [5, 5.41) is 2.80. The zero-order chi connectivity index (χ0) is 20.7. The molecule has 2 rings (SSSR count). The van der Waals surface area contributed by atoms with Crippen LogP contribution in [0.3, 0.4) is 0 Å². The summed E-state index contributed by atoms with van der Waals surface area (Å²) in [6, 6.07) is 11.1. The Hall–Kier alpha value is -3.22. The Bertz CT molecular complexity index is 845. The Balaban J connectivity index is 1.79. The summed E-state index contributed by atoms with van der Waals surface area (Å²) in [5.41, 5.74) is 3.16. The highest BCUT2D eigenvalue weighted by atomic mass is 19.1. The molecule has 148 valence electrons. The molecule has 0 aliphatic heterocycles. The highest BCUT2D eigenvalue weighted by Gasteiger charge is 2.16. The number of anilines is 1. The Kier molecular flexibility index (Phi) is 7.26. The third kappa shape index (κ3) is 6.19. The van der Waals surface area contributed by atoms with Gasteiger partial charge in [0.2, 0.25) is 5.91 Å². The van der Waals surface area contributed by atoms with Crippen LogP contribution in [0.4, 0.5) is 10.1 Å². The molecule has 0 unspecified atom stereocenters. The lowest BCUT2D eigenvalue weighted by atomic mass is 10.1. The molecule has 0 aliphatic rings. The molecule has 7 heteroatoms. The first kappa shape index (κ1) is 21.1. The molecular weight excluding hydrogens is 363 g/mol. The second kappa shape index (κ2) is 9.64. The quantitative estimate of drug-likeness (QED) is 0.743. The molecule has 2 aromatic carbocycles. The lowest BCUT2D eigenvalue weighted by molar-refractivity contribution is -0.151. The predicted molar refractivity (Wildman–Crippen MR) is 103 cm³/mol. The maximum absolute atomic E-state index is 12.9. The molecule has 0 fully saturated rings. The molecule has 0 aromatic heterocycles. The molecule has 1 N–H and O–H groups in total. The van der Waals surface area contributed by atoms with E-state index in [1.165, 1.54) is 36.2 Å². The number of ether oxygens (including phenoxy) is 1. The van der Waals surface area contributed by atoms with E-state index in [0.717, 1.165) is 16.8 Å². The number of halogens is 1. The van der Waals surface area contributed by atoms with Gasteiger partial charge in [0, 0.05) is 12.7 Å². The second-order valence-electron chi connectivity index (χ2n) is 6.53. The molecule has 2 amide bonds. The molecule has 0 aliphatic carbocycles. The summed E-state index contributed by atoms with van der Waals surface area (Å²) in [5.74, 6) is -1.84. The van der Waals surface area contributed by atoms with E-state index in [1.807, 2.05) is 32.0 Å². The van der Waals surface area contributed by atoms with Crippen LogP contribution >= 0.6 is 0 Å². The number of benzene rings is 2. The fourth-order valence-corrected chi connectivity index (χ4v) is 2.57. The number of para-hydroxylation sites is 1. The summed E-state index contributed by atoms with van der Waals surface area (Å²) < 4.78 is 17.8. The van der Waals surface area contributed by atoms with Crippen molar-refractivity contribution in [3.8, 4) is 0 Å². The van der Waals surface area contributed by atoms with Crippen molar-refractivity contribution in [1.29, 1.82) is 0 Å². The van der Waals surface area contributed by atoms with Crippen LogP contribution in [0.1, 0.15) is 16.7 Å². The molecule has 0 radical (unpaired) electrons. The molecule has 28 heavy (non-hydrogen) atoms. The highest BCUT2D eigenvalue weighted by Crippen LogP contribution is 2.19. The number of nitrogens with zero attached hydrogens (tertiary/aromatic N) is 1. The van der Waals surface area contributed by atoms with Crippen molar-refractivity contribution < 1.29 is 23.5 Å². The molecule has 0 bridgehead atoms. The first-order valence-electron chi connectivity index (χ1n) is 8.76. The van der Waals surface area contributed by atoms with Gasteiger partial charge in [-0.15, -0.1) is 0 Å². The van der Waals surface area contributed by atoms with E-state index in [4.69, 9.17) is 4.74 Å². The zero-order valence-corrected chi connectivity index (χ0v) is 16.1. The maximum atomic E-state index is 12.9. The normalized spacial score (nSPS) is 10.3. The Labute approximate surface area is 163 Å². The van der Waals surface area contributed by atoms with Crippen LogP contribution in [-0.4, -0.2) is 42.9 Å². The Morgan fingerprint density at radius 2 is 1.64 bits per heavy atom. The third-order valence-corrected chi connectivity index (χ3v) is 4.17. The topological polar surface area (TPSA) is 75.7 Å². The predicted octanol–water partition coefficient (Wildman–Crippen LogP) is 2.63. The van der Waals surface area contributed by atoms with Crippen molar-refractivity contribution >= 4 is 23.5 Å². The van der Waals surface area contributed by atoms with Crippen molar-refractivity contribution in [3.05, 3.63) is 65.0 Å². The summed E-state index contributed by atoms with van der Waals surface area (Å²) in [6.45, 7) is 3.14. The van der Waals surface area contributed by atoms with E-state index in [-0.39, 0.29) is 18.9 Å². The van der Waals surface area contributed by atoms with E-state index in [9.17, 15) is 18.8 Å². The molecule has 0 saturated heterocycles. The van der Waals surface area contributed by atoms with E-state index in [2.05, 4.69) is 5.32 Å². The summed E-state index contributed by atoms with van der Waals surface area (Å²) in [4.78, 5) is 37.3. The number of carbonyl (C=O) groups is 3. The molecule has 0 heterocycles. The van der Waals surface area contributed by atoms with Crippen LogP contribution in [0.5, 0.6) is 0 Å². The second-order valence-corrected chi connectivity index (χ2v) is 6.53. The zero-order valence-electron chi connectivity index (χ0n) is 16.1. The Morgan fingerprint density at radius 1 is 1.04 bits per heavy atom. The Morgan fingerprint density at radius 3 is 2.25 bits per heavy atom. The molecule has 0 saturated carbocycles. The summed E-state index contributed by atoms with van der Waals surface area (Å²) >= 11 is 0. The van der Waals surface area contributed by atoms with Crippen molar-refractivity contribution in [1.82, 2.24) is 4.90 Å². The first-order valence-corrected chi connectivity index (χ1v) is 8.76. The number of rotatable bonds is 7. The largest absolute Gasteiger partial charge is 0.455 e. The average molecular weight is 386 g/mol. The smallest absolute Gasteiger partial charge is 0.310 e. The van der Waals surface area contributed by atoms with Gasteiger partial charge in [0.05, 0.1) is 13.0 Å². The SMILES string of the molecule is Cc1cccc(C)c1NC(=O)CN(C)C(=O)COC(=O)Cc1ccc(F)cc1. The molecule has 2 aromatic rings. The van der Waals surface area contributed by atoms with Gasteiger partial charge in [0.1, 0.15) is 5.82 Å². The van der Waals surface area contributed by atoms with Crippen molar-refractivity contribution in [2.75, 3.05) is 25.5 Å². The van der Waals surface area contributed by atoms with Gasteiger partial charge >= 0.3 is 5.97 Å². The number of aryl methyl sites for hydroxylation is 2. The number of amides is 2. The van der Waals surface area contributed by atoms with Gasteiger partial charge in [-0.1, -0.05) is 30.3 Å². The number of hydrogen-bond acceptors (Lipinski definition) is 4. The van der Waals surface area contributed by atoms with Crippen molar-refractivity contribution in [2.45, 2.75) is 20.3 Å². The number of esters is 1. The molecular formula is C21H23FN2O4. The highest BCUT2D eigenvalue weighted by molar-refractivity contribution is 5.96. The number of nitrogens with one attached hydrogen (secondary N) is 1. The van der Waals surface area contributed by atoms with E-state index >= 15 is 0 Å². The summed E-state index contributed by atoms with van der Waals surface area (Å²) in [6.07, 6.45) is -0.0652. The van der Waals surface area contributed by atoms with Crippen LogP contribution in [0.25, 0.3) is 0 Å². The minimum absolute atomic E-state index is 0.0652. The van der Waals surface area contributed by atoms with E-state index in [1.54, 1.807) is 0 Å². The minimum atomic E-state index is -0.603. The summed E-state index contributed by atoms with van der Waals surface area (Å²) in [7, 11) is 1.46. The number of hydrogen-bond donors (Lipinski definition) is 1. The van der Waals surface area contributed by atoms with E-state index in [0.29, 0.717) is 5.56 Å². The van der Waals surface area contributed by atoms with Crippen LogP contribution in [-0.2, 0) is 25.5 Å². The van der Waals surface area contributed by atoms with Gasteiger partial charge in [-0.2, -0.15) is 0 Å². The van der Waals surface area contributed by atoms with Gasteiger partial charge in [-0.05, 0) is 42.7 Å². The molecule has 6 nitrogen and oxygen atoms in total. The fourth-order valence-electron chi connectivity index (χ4n) is 2.57. The van der Waals surface area contributed by atoms with Crippen LogP contribution in [0.2, 0.25) is 0 Å². The number of carbonyl (C=O) groups excluding carboxylic acids is 3.